The summed E-state index contributed by atoms with van der Waals surface area (Å²) < 4.78 is 18.4. The first-order chi connectivity index (χ1) is 8.61. The Balaban J connectivity index is 2.16. The van der Waals surface area contributed by atoms with Gasteiger partial charge in [0.15, 0.2) is 0 Å². The standard InChI is InChI=1S/C11H11FN4O2/c1-7-2-3-8(4-10(7)12)16-6-9(5-14-15-13)18-11(16)17/h2-4,9H,5-6H2,1H3/t9-/m0/s1. The average Bonchev–Trinajstić information content (AvgIpc) is 2.71. The van der Waals surface area contributed by atoms with Gasteiger partial charge in [0.1, 0.15) is 11.9 Å². The Hall–Kier alpha value is -2.27. The van der Waals surface area contributed by atoms with Crippen molar-refractivity contribution in [2.75, 3.05) is 18.0 Å². The first-order valence-corrected chi connectivity index (χ1v) is 5.37. The Morgan fingerprint density at radius 2 is 2.44 bits per heavy atom. The molecule has 1 amide bonds. The number of azide groups is 1. The molecule has 1 saturated heterocycles. The average molecular weight is 250 g/mol. The van der Waals surface area contributed by atoms with Crippen LogP contribution < -0.4 is 4.90 Å². The topological polar surface area (TPSA) is 78.3 Å². The Labute approximate surface area is 103 Å². The third kappa shape index (κ3) is 2.36. The van der Waals surface area contributed by atoms with Gasteiger partial charge in [-0.2, -0.15) is 0 Å². The number of halogens is 1. The molecule has 6 nitrogen and oxygen atoms in total. The van der Waals surface area contributed by atoms with Gasteiger partial charge < -0.3 is 4.74 Å². The van der Waals surface area contributed by atoms with Gasteiger partial charge in [-0.05, 0) is 30.2 Å². The molecule has 0 spiro atoms. The van der Waals surface area contributed by atoms with E-state index in [0.29, 0.717) is 11.3 Å². The molecule has 1 aliphatic rings. The van der Waals surface area contributed by atoms with E-state index in [1.165, 1.54) is 11.0 Å². The largest absolute Gasteiger partial charge is 0.444 e. The molecule has 0 aromatic heterocycles. The summed E-state index contributed by atoms with van der Waals surface area (Å²) in [5.41, 5.74) is 9.14. The number of ether oxygens (including phenoxy) is 1. The molecule has 0 saturated carbocycles. The third-order valence-electron chi connectivity index (χ3n) is 2.69. The van der Waals surface area contributed by atoms with Crippen molar-refractivity contribution in [1.82, 2.24) is 0 Å². The lowest BCUT2D eigenvalue weighted by molar-refractivity contribution is 0.145. The van der Waals surface area contributed by atoms with Crippen LogP contribution in [0.2, 0.25) is 0 Å². The Morgan fingerprint density at radius 1 is 1.67 bits per heavy atom. The molecule has 1 aromatic carbocycles. The fraction of sp³-hybridized carbons (Fsp3) is 0.364. The number of nitrogens with zero attached hydrogens (tertiary/aromatic N) is 4. The molecule has 0 radical (unpaired) electrons. The summed E-state index contributed by atoms with van der Waals surface area (Å²) in [6.07, 6.45) is -1.05. The number of carbonyl (C=O) groups excluding carboxylic acids is 1. The lowest BCUT2D eigenvalue weighted by atomic mass is 10.2. The van der Waals surface area contributed by atoms with Crippen molar-refractivity contribution in [2.45, 2.75) is 13.0 Å². The molecule has 0 bridgehead atoms. The summed E-state index contributed by atoms with van der Waals surface area (Å²) in [7, 11) is 0. The van der Waals surface area contributed by atoms with Crippen LogP contribution in [0.5, 0.6) is 0 Å². The van der Waals surface area contributed by atoms with Crippen molar-refractivity contribution >= 4 is 11.8 Å². The SMILES string of the molecule is Cc1ccc(N2C[C@H](CN=[N+]=[N-])OC2=O)cc1F. The van der Waals surface area contributed by atoms with Gasteiger partial charge in [0.25, 0.3) is 0 Å². The number of hydrogen-bond donors (Lipinski definition) is 0. The van der Waals surface area contributed by atoms with Gasteiger partial charge >= 0.3 is 6.09 Å². The minimum absolute atomic E-state index is 0.0765. The highest BCUT2D eigenvalue weighted by Crippen LogP contribution is 2.23. The lowest BCUT2D eigenvalue weighted by Gasteiger charge is -2.13. The van der Waals surface area contributed by atoms with Crippen LogP contribution in [0.3, 0.4) is 0 Å². The summed E-state index contributed by atoms with van der Waals surface area (Å²) in [4.78, 5) is 15.5. The first kappa shape index (κ1) is 12.2. The van der Waals surface area contributed by atoms with Gasteiger partial charge in [-0.1, -0.05) is 11.2 Å². The molecular weight excluding hydrogens is 239 g/mol. The second kappa shape index (κ2) is 4.93. The lowest BCUT2D eigenvalue weighted by Crippen LogP contribution is -2.25. The van der Waals surface area contributed by atoms with Crippen molar-refractivity contribution in [3.63, 3.8) is 0 Å². The van der Waals surface area contributed by atoms with Crippen molar-refractivity contribution in [2.24, 2.45) is 5.11 Å². The fourth-order valence-electron chi connectivity index (χ4n) is 1.70. The molecule has 7 heteroatoms. The highest BCUT2D eigenvalue weighted by Gasteiger charge is 2.32. The molecule has 18 heavy (non-hydrogen) atoms. The number of hydrogen-bond acceptors (Lipinski definition) is 3. The van der Waals surface area contributed by atoms with E-state index in [-0.39, 0.29) is 18.9 Å². The van der Waals surface area contributed by atoms with Crippen LogP contribution in [0.25, 0.3) is 10.4 Å². The highest BCUT2D eigenvalue weighted by atomic mass is 19.1. The van der Waals surface area contributed by atoms with Gasteiger partial charge in [-0.25, -0.2) is 9.18 Å². The number of rotatable bonds is 3. The number of anilines is 1. The highest BCUT2D eigenvalue weighted by molar-refractivity contribution is 5.89. The zero-order valence-corrected chi connectivity index (χ0v) is 9.71. The van der Waals surface area contributed by atoms with E-state index in [1.807, 2.05) is 0 Å². The van der Waals surface area contributed by atoms with E-state index in [1.54, 1.807) is 19.1 Å². The van der Waals surface area contributed by atoms with Gasteiger partial charge in [-0.3, -0.25) is 4.90 Å². The Bertz CT molecular complexity index is 528. The molecule has 94 valence electrons. The minimum Gasteiger partial charge on any atom is -0.444 e. The summed E-state index contributed by atoms with van der Waals surface area (Å²) in [6, 6.07) is 4.53. The van der Waals surface area contributed by atoms with Gasteiger partial charge in [0.05, 0.1) is 18.8 Å². The van der Waals surface area contributed by atoms with E-state index >= 15 is 0 Å². The molecular formula is C11H11FN4O2. The maximum Gasteiger partial charge on any atom is 0.414 e. The van der Waals surface area contributed by atoms with Crippen molar-refractivity contribution in [1.29, 1.82) is 0 Å². The summed E-state index contributed by atoms with van der Waals surface area (Å²) in [5.74, 6) is -0.376. The third-order valence-corrected chi connectivity index (χ3v) is 2.69. The number of cyclic esters (lactones) is 1. The van der Waals surface area contributed by atoms with E-state index in [9.17, 15) is 9.18 Å². The van der Waals surface area contributed by atoms with Crippen LogP contribution in [0, 0.1) is 12.7 Å². The van der Waals surface area contributed by atoms with E-state index in [0.717, 1.165) is 0 Å². The van der Waals surface area contributed by atoms with Gasteiger partial charge in [-0.15, -0.1) is 0 Å². The smallest absolute Gasteiger partial charge is 0.414 e. The molecule has 2 rings (SSSR count). The van der Waals surface area contributed by atoms with E-state index in [4.69, 9.17) is 10.3 Å². The molecule has 0 N–H and O–H groups in total. The van der Waals surface area contributed by atoms with Crippen LogP contribution in [-0.2, 0) is 4.74 Å². The Morgan fingerprint density at radius 3 is 3.11 bits per heavy atom. The predicted octanol–water partition coefficient (Wildman–Crippen LogP) is 2.77. The molecule has 1 aliphatic heterocycles. The molecule has 1 atom stereocenters. The maximum absolute atomic E-state index is 13.4. The van der Waals surface area contributed by atoms with Crippen LogP contribution >= 0.6 is 0 Å². The zero-order valence-electron chi connectivity index (χ0n) is 9.71. The van der Waals surface area contributed by atoms with Crippen LogP contribution in [-0.4, -0.2) is 25.3 Å². The zero-order chi connectivity index (χ0) is 13.1. The summed E-state index contributed by atoms with van der Waals surface area (Å²) in [5, 5.41) is 3.35. The number of amides is 1. The number of benzene rings is 1. The normalized spacial score (nSPS) is 18.4. The molecule has 0 aliphatic carbocycles. The van der Waals surface area contributed by atoms with Crippen LogP contribution in [0.15, 0.2) is 23.3 Å². The maximum atomic E-state index is 13.4. The predicted molar refractivity (Wildman–Crippen MR) is 62.8 cm³/mol. The van der Waals surface area contributed by atoms with E-state index in [2.05, 4.69) is 10.0 Å². The Kier molecular flexibility index (Phi) is 3.34. The van der Waals surface area contributed by atoms with E-state index < -0.39 is 12.2 Å². The van der Waals surface area contributed by atoms with Crippen molar-refractivity contribution in [3.05, 3.63) is 40.0 Å². The summed E-state index contributed by atoms with van der Waals surface area (Å²) in [6.45, 7) is 1.97. The molecule has 1 heterocycles. The number of aryl methyl sites for hydroxylation is 1. The molecule has 1 aromatic rings. The second-order valence-corrected chi connectivity index (χ2v) is 3.96. The monoisotopic (exact) mass is 250 g/mol. The summed E-state index contributed by atoms with van der Waals surface area (Å²) >= 11 is 0. The second-order valence-electron chi connectivity index (χ2n) is 3.96. The fourth-order valence-corrected chi connectivity index (χ4v) is 1.70. The first-order valence-electron chi connectivity index (χ1n) is 5.37. The molecule has 0 unspecified atom stereocenters. The van der Waals surface area contributed by atoms with Gasteiger partial charge in [0, 0.05) is 4.91 Å². The van der Waals surface area contributed by atoms with Crippen LogP contribution in [0.1, 0.15) is 5.56 Å². The van der Waals surface area contributed by atoms with Crippen molar-refractivity contribution in [3.8, 4) is 0 Å². The quantitative estimate of drug-likeness (QED) is 0.469. The molecule has 1 fully saturated rings. The van der Waals surface area contributed by atoms with Crippen molar-refractivity contribution < 1.29 is 13.9 Å². The number of carbonyl (C=O) groups is 1. The van der Waals surface area contributed by atoms with Crippen LogP contribution in [0.4, 0.5) is 14.9 Å². The van der Waals surface area contributed by atoms with Gasteiger partial charge in [0.2, 0.25) is 0 Å². The minimum atomic E-state index is -0.559.